The second-order valence-corrected chi connectivity index (χ2v) is 11.8. The molecule has 0 spiro atoms. The van der Waals surface area contributed by atoms with Crippen LogP contribution in [0.1, 0.15) is 38.3 Å². The summed E-state index contributed by atoms with van der Waals surface area (Å²) >= 11 is 6.36. The van der Waals surface area contributed by atoms with Gasteiger partial charge in [-0.05, 0) is 69.0 Å². The third kappa shape index (κ3) is 7.61. The predicted molar refractivity (Wildman–Crippen MR) is 156 cm³/mol. The number of amides is 2. The quantitative estimate of drug-likeness (QED) is 0.324. The molecule has 0 radical (unpaired) electrons. The van der Waals surface area contributed by atoms with E-state index in [0.29, 0.717) is 22.7 Å². The standard InChI is InChI=1S/C30H36ClN3O4S/c1-5-22(2)32-30(36)24(4)33(20-19-25-13-8-6-9-14-25)29(35)21-34(28-18-12-17-27(31)23(28)3)39(37,38)26-15-10-7-11-16-26/h6-18,22,24H,5,19-21H2,1-4H3,(H,32,36)/t22-,24+/m1/s1. The third-order valence-electron chi connectivity index (χ3n) is 6.77. The van der Waals surface area contributed by atoms with Gasteiger partial charge in [-0.25, -0.2) is 8.42 Å². The Morgan fingerprint density at radius 1 is 0.923 bits per heavy atom. The summed E-state index contributed by atoms with van der Waals surface area (Å²) in [4.78, 5) is 28.5. The Hall–Kier alpha value is -3.36. The van der Waals surface area contributed by atoms with Crippen LogP contribution in [-0.2, 0) is 26.0 Å². The van der Waals surface area contributed by atoms with Crippen LogP contribution in [0.2, 0.25) is 5.02 Å². The second-order valence-electron chi connectivity index (χ2n) is 9.53. The molecule has 0 aliphatic heterocycles. The van der Waals surface area contributed by atoms with Crippen molar-refractivity contribution in [2.45, 2.75) is 57.5 Å². The van der Waals surface area contributed by atoms with Crippen molar-refractivity contribution in [3.8, 4) is 0 Å². The number of halogens is 1. The molecule has 0 heterocycles. The first-order chi connectivity index (χ1) is 18.6. The summed E-state index contributed by atoms with van der Waals surface area (Å²) < 4.78 is 28.8. The van der Waals surface area contributed by atoms with Crippen LogP contribution in [0.5, 0.6) is 0 Å². The van der Waals surface area contributed by atoms with E-state index in [1.165, 1.54) is 17.0 Å². The molecule has 3 rings (SSSR count). The molecular formula is C30H36ClN3O4S. The maximum atomic E-state index is 13.9. The lowest BCUT2D eigenvalue weighted by Gasteiger charge is -2.33. The van der Waals surface area contributed by atoms with Crippen LogP contribution >= 0.6 is 11.6 Å². The van der Waals surface area contributed by atoms with Gasteiger partial charge >= 0.3 is 0 Å². The fourth-order valence-electron chi connectivity index (χ4n) is 4.13. The molecule has 3 aromatic rings. The number of nitrogens with zero attached hydrogens (tertiary/aromatic N) is 2. The van der Waals surface area contributed by atoms with Gasteiger partial charge in [0.05, 0.1) is 10.6 Å². The van der Waals surface area contributed by atoms with E-state index >= 15 is 0 Å². The molecule has 0 bridgehead atoms. The zero-order valence-corrected chi connectivity index (χ0v) is 24.4. The van der Waals surface area contributed by atoms with E-state index in [2.05, 4.69) is 5.32 Å². The molecule has 0 saturated heterocycles. The highest BCUT2D eigenvalue weighted by molar-refractivity contribution is 7.92. The van der Waals surface area contributed by atoms with Crippen LogP contribution in [0.4, 0.5) is 5.69 Å². The molecule has 3 aromatic carbocycles. The number of sulfonamides is 1. The molecule has 0 saturated carbocycles. The number of rotatable bonds is 12. The van der Waals surface area contributed by atoms with Crippen molar-refractivity contribution in [2.75, 3.05) is 17.4 Å². The lowest BCUT2D eigenvalue weighted by Crippen LogP contribution is -2.53. The van der Waals surface area contributed by atoms with Crippen LogP contribution in [0.15, 0.2) is 83.8 Å². The zero-order valence-electron chi connectivity index (χ0n) is 22.8. The van der Waals surface area contributed by atoms with Crippen LogP contribution in [-0.4, -0.2) is 50.3 Å². The minimum atomic E-state index is -4.13. The fraction of sp³-hybridized carbons (Fsp3) is 0.333. The van der Waals surface area contributed by atoms with Gasteiger partial charge in [-0.1, -0.05) is 73.1 Å². The van der Waals surface area contributed by atoms with Gasteiger partial charge in [-0.15, -0.1) is 0 Å². The molecule has 39 heavy (non-hydrogen) atoms. The van der Waals surface area contributed by atoms with Gasteiger partial charge in [0.15, 0.2) is 0 Å². The predicted octanol–water partition coefficient (Wildman–Crippen LogP) is 5.22. The van der Waals surface area contributed by atoms with Crippen molar-refractivity contribution in [3.63, 3.8) is 0 Å². The molecule has 208 valence electrons. The lowest BCUT2D eigenvalue weighted by molar-refractivity contribution is -0.139. The molecule has 0 aromatic heterocycles. The molecule has 0 aliphatic rings. The summed E-state index contributed by atoms with van der Waals surface area (Å²) in [5.74, 6) is -0.779. The van der Waals surface area contributed by atoms with Gasteiger partial charge in [-0.2, -0.15) is 0 Å². The van der Waals surface area contributed by atoms with Crippen LogP contribution in [0, 0.1) is 6.92 Å². The monoisotopic (exact) mass is 569 g/mol. The van der Waals surface area contributed by atoms with Crippen molar-refractivity contribution in [2.24, 2.45) is 0 Å². The molecular weight excluding hydrogens is 534 g/mol. The van der Waals surface area contributed by atoms with E-state index in [4.69, 9.17) is 11.6 Å². The van der Waals surface area contributed by atoms with E-state index < -0.39 is 28.5 Å². The smallest absolute Gasteiger partial charge is 0.264 e. The summed E-state index contributed by atoms with van der Waals surface area (Å²) in [6.07, 6.45) is 1.25. The van der Waals surface area contributed by atoms with Crippen LogP contribution in [0.25, 0.3) is 0 Å². The van der Waals surface area contributed by atoms with Crippen molar-refractivity contribution < 1.29 is 18.0 Å². The Kier molecular flexibility index (Phi) is 10.5. The molecule has 0 fully saturated rings. The molecule has 2 atom stereocenters. The summed E-state index contributed by atoms with van der Waals surface area (Å²) in [6, 6.07) is 21.7. The summed E-state index contributed by atoms with van der Waals surface area (Å²) in [6.45, 7) is 7.00. The first-order valence-corrected chi connectivity index (χ1v) is 14.8. The van der Waals surface area contributed by atoms with Gasteiger partial charge < -0.3 is 10.2 Å². The number of hydrogen-bond acceptors (Lipinski definition) is 4. The minimum absolute atomic E-state index is 0.0515. The van der Waals surface area contributed by atoms with Crippen LogP contribution < -0.4 is 9.62 Å². The Labute approximate surface area is 236 Å². The molecule has 9 heteroatoms. The fourth-order valence-corrected chi connectivity index (χ4v) is 5.80. The molecule has 0 unspecified atom stereocenters. The average Bonchev–Trinajstić information content (AvgIpc) is 2.94. The second kappa shape index (κ2) is 13.6. The number of benzene rings is 3. The maximum Gasteiger partial charge on any atom is 0.264 e. The number of carbonyl (C=O) groups is 2. The highest BCUT2D eigenvalue weighted by atomic mass is 35.5. The normalized spacial score (nSPS) is 12.8. The van der Waals surface area contributed by atoms with Gasteiger partial charge in [-0.3, -0.25) is 13.9 Å². The largest absolute Gasteiger partial charge is 0.352 e. The highest BCUT2D eigenvalue weighted by Crippen LogP contribution is 2.31. The van der Waals surface area contributed by atoms with Gasteiger partial charge in [0.25, 0.3) is 10.0 Å². The maximum absolute atomic E-state index is 13.9. The van der Waals surface area contributed by atoms with E-state index in [-0.39, 0.29) is 23.4 Å². The van der Waals surface area contributed by atoms with Crippen LogP contribution in [0.3, 0.4) is 0 Å². The van der Waals surface area contributed by atoms with Crippen molar-refractivity contribution in [3.05, 3.63) is 95.0 Å². The van der Waals surface area contributed by atoms with E-state index in [1.54, 1.807) is 50.2 Å². The summed E-state index contributed by atoms with van der Waals surface area (Å²) in [5.41, 5.74) is 1.84. The minimum Gasteiger partial charge on any atom is -0.352 e. The SMILES string of the molecule is CC[C@@H](C)NC(=O)[C@H](C)N(CCc1ccccc1)C(=O)CN(c1cccc(Cl)c1C)S(=O)(=O)c1ccccc1. The summed E-state index contributed by atoms with van der Waals surface area (Å²) in [5, 5.41) is 3.32. The highest BCUT2D eigenvalue weighted by Gasteiger charge is 2.33. The van der Waals surface area contributed by atoms with E-state index in [0.717, 1.165) is 16.3 Å². The Morgan fingerprint density at radius 3 is 2.15 bits per heavy atom. The van der Waals surface area contributed by atoms with Crippen molar-refractivity contribution in [1.82, 2.24) is 10.2 Å². The number of hydrogen-bond donors (Lipinski definition) is 1. The lowest BCUT2D eigenvalue weighted by atomic mass is 10.1. The molecule has 0 aliphatic carbocycles. The van der Waals surface area contributed by atoms with Gasteiger partial charge in [0, 0.05) is 17.6 Å². The summed E-state index contributed by atoms with van der Waals surface area (Å²) in [7, 11) is -4.13. The van der Waals surface area contributed by atoms with E-state index in [1.807, 2.05) is 44.2 Å². The van der Waals surface area contributed by atoms with Gasteiger partial charge in [0.2, 0.25) is 11.8 Å². The zero-order chi connectivity index (χ0) is 28.6. The van der Waals surface area contributed by atoms with E-state index in [9.17, 15) is 18.0 Å². The first kappa shape index (κ1) is 30.2. The van der Waals surface area contributed by atoms with Crippen molar-refractivity contribution in [1.29, 1.82) is 0 Å². The Balaban J connectivity index is 2.00. The average molecular weight is 570 g/mol. The first-order valence-electron chi connectivity index (χ1n) is 13.0. The number of anilines is 1. The number of nitrogens with one attached hydrogen (secondary N) is 1. The molecule has 2 amide bonds. The number of carbonyl (C=O) groups excluding carboxylic acids is 2. The molecule has 1 N–H and O–H groups in total. The Morgan fingerprint density at radius 2 is 1.54 bits per heavy atom. The topological polar surface area (TPSA) is 86.8 Å². The molecule has 7 nitrogen and oxygen atoms in total. The van der Waals surface area contributed by atoms with Crippen molar-refractivity contribution >= 4 is 39.1 Å². The third-order valence-corrected chi connectivity index (χ3v) is 8.95. The van der Waals surface area contributed by atoms with Gasteiger partial charge in [0.1, 0.15) is 12.6 Å². The Bertz CT molecular complexity index is 1370.